The second-order valence-corrected chi connectivity index (χ2v) is 10.8. The molecule has 0 fully saturated rings. The van der Waals surface area contributed by atoms with Gasteiger partial charge in [-0.2, -0.15) is 0 Å². The van der Waals surface area contributed by atoms with Gasteiger partial charge in [0.2, 0.25) is 0 Å². The monoisotopic (exact) mass is 503 g/mol. The maximum absolute atomic E-state index is 15.3. The third-order valence-corrected chi connectivity index (χ3v) is 8.26. The summed E-state index contributed by atoms with van der Waals surface area (Å²) in [7, 11) is 3.54. The van der Waals surface area contributed by atoms with Crippen molar-refractivity contribution in [1.82, 2.24) is 10.2 Å². The SMILES string of the molecule is C=C(NC1CCC(N=O)(c2ccc(C)c(OC)c2)c2ccccc21)C1=CN(C)C(C(C)(F)C(C)C)C=C1. The van der Waals surface area contributed by atoms with E-state index in [-0.39, 0.29) is 18.0 Å². The highest BCUT2D eigenvalue weighted by atomic mass is 19.1. The van der Waals surface area contributed by atoms with Crippen LogP contribution in [-0.4, -0.2) is 30.8 Å². The van der Waals surface area contributed by atoms with Crippen LogP contribution >= 0.6 is 0 Å². The average molecular weight is 504 g/mol. The summed E-state index contributed by atoms with van der Waals surface area (Å²) in [6, 6.07) is 13.5. The Morgan fingerprint density at radius 1 is 1.30 bits per heavy atom. The molecule has 0 saturated carbocycles. The first-order valence-corrected chi connectivity index (χ1v) is 12.9. The average Bonchev–Trinajstić information content (AvgIpc) is 2.89. The zero-order valence-electron chi connectivity index (χ0n) is 22.7. The molecule has 0 bridgehead atoms. The van der Waals surface area contributed by atoms with Gasteiger partial charge in [-0.15, -0.1) is 4.91 Å². The van der Waals surface area contributed by atoms with E-state index in [1.165, 1.54) is 0 Å². The summed E-state index contributed by atoms with van der Waals surface area (Å²) in [4.78, 5) is 14.4. The predicted molar refractivity (Wildman–Crippen MR) is 148 cm³/mol. The number of nitroso groups, excluding NO2 is 1. The number of alkyl halides is 1. The molecule has 4 unspecified atom stereocenters. The van der Waals surface area contributed by atoms with Crippen molar-refractivity contribution in [2.75, 3.05) is 14.2 Å². The number of likely N-dealkylation sites (N-methyl/N-ethyl adjacent to an activating group) is 1. The number of fused-ring (bicyclic) bond motifs is 1. The van der Waals surface area contributed by atoms with Crippen molar-refractivity contribution in [2.45, 2.75) is 63.8 Å². The molecular weight excluding hydrogens is 465 g/mol. The molecule has 0 radical (unpaired) electrons. The molecule has 37 heavy (non-hydrogen) atoms. The van der Waals surface area contributed by atoms with Gasteiger partial charge in [-0.05, 0) is 60.9 Å². The van der Waals surface area contributed by atoms with Crippen LogP contribution < -0.4 is 10.1 Å². The number of allylic oxidation sites excluding steroid dienone is 1. The molecule has 0 spiro atoms. The van der Waals surface area contributed by atoms with Crippen LogP contribution in [0.3, 0.4) is 0 Å². The van der Waals surface area contributed by atoms with Crippen molar-refractivity contribution in [3.63, 3.8) is 0 Å². The minimum Gasteiger partial charge on any atom is -0.496 e. The molecule has 1 aliphatic carbocycles. The summed E-state index contributed by atoms with van der Waals surface area (Å²) in [5.41, 5.74) is 3.08. The molecule has 1 aliphatic heterocycles. The molecule has 2 aliphatic rings. The number of hydrogen-bond acceptors (Lipinski definition) is 5. The maximum atomic E-state index is 15.3. The number of rotatable bonds is 8. The van der Waals surface area contributed by atoms with Crippen LogP contribution in [0, 0.1) is 17.7 Å². The summed E-state index contributed by atoms with van der Waals surface area (Å²) in [6.07, 6.45) is 7.07. The maximum Gasteiger partial charge on any atom is 0.153 e. The van der Waals surface area contributed by atoms with E-state index < -0.39 is 11.2 Å². The largest absolute Gasteiger partial charge is 0.496 e. The lowest BCUT2D eigenvalue weighted by atomic mass is 9.71. The van der Waals surface area contributed by atoms with Crippen LogP contribution in [0.25, 0.3) is 0 Å². The van der Waals surface area contributed by atoms with E-state index in [0.29, 0.717) is 12.8 Å². The van der Waals surface area contributed by atoms with E-state index in [4.69, 9.17) is 4.74 Å². The summed E-state index contributed by atoms with van der Waals surface area (Å²) in [6.45, 7) is 11.7. The highest BCUT2D eigenvalue weighted by Crippen LogP contribution is 2.48. The molecular formula is C31H38FN3O2. The minimum absolute atomic E-state index is 0.0367. The molecule has 5 nitrogen and oxygen atoms in total. The van der Waals surface area contributed by atoms with E-state index >= 15 is 4.39 Å². The Morgan fingerprint density at radius 3 is 2.68 bits per heavy atom. The standard InChI is InChI=1S/C31H38FN3O2/c1-20(2)30(5,32)29-15-13-23(19-35(29)6)22(4)33-27-16-17-31(34-36,26-11-9-8-10-25(26)27)24-14-12-21(3)28(18-24)37-7/h8-15,18-20,27,29,33H,4,16-17H2,1-3,5-7H3. The van der Waals surface area contributed by atoms with Gasteiger partial charge in [0.25, 0.3) is 0 Å². The number of aryl methyl sites for hydroxylation is 1. The van der Waals surface area contributed by atoms with Crippen molar-refractivity contribution < 1.29 is 9.13 Å². The fourth-order valence-electron chi connectivity index (χ4n) is 5.57. The first-order valence-electron chi connectivity index (χ1n) is 12.9. The Morgan fingerprint density at radius 2 is 2.03 bits per heavy atom. The number of methoxy groups -OCH3 is 1. The lowest BCUT2D eigenvalue weighted by Gasteiger charge is -2.40. The lowest BCUT2D eigenvalue weighted by Crippen LogP contribution is -2.48. The molecule has 4 atom stereocenters. The normalized spacial score (nSPS) is 24.6. The van der Waals surface area contributed by atoms with Crippen LogP contribution in [0.1, 0.15) is 61.9 Å². The molecule has 2 aromatic carbocycles. The van der Waals surface area contributed by atoms with Gasteiger partial charge in [0, 0.05) is 24.5 Å². The van der Waals surface area contributed by atoms with Crippen molar-refractivity contribution in [1.29, 1.82) is 0 Å². The summed E-state index contributed by atoms with van der Waals surface area (Å²) < 4.78 is 20.9. The molecule has 1 N–H and O–H groups in total. The Balaban J connectivity index is 1.61. The Bertz CT molecular complexity index is 1250. The Kier molecular flexibility index (Phi) is 7.31. The van der Waals surface area contributed by atoms with Gasteiger partial charge in [-0.25, -0.2) is 4.39 Å². The zero-order chi connectivity index (χ0) is 27.0. The Hall–Kier alpha value is -3.41. The van der Waals surface area contributed by atoms with Crippen LogP contribution in [0.15, 0.2) is 83.8 Å². The summed E-state index contributed by atoms with van der Waals surface area (Å²) >= 11 is 0. The van der Waals surface area contributed by atoms with Crippen LogP contribution in [-0.2, 0) is 5.54 Å². The third kappa shape index (κ3) is 4.70. The van der Waals surface area contributed by atoms with Crippen LogP contribution in [0.5, 0.6) is 5.75 Å². The molecule has 0 aromatic heterocycles. The summed E-state index contributed by atoms with van der Waals surface area (Å²) in [5.74, 6) is 0.631. The minimum atomic E-state index is -1.35. The molecule has 196 valence electrons. The van der Waals surface area contributed by atoms with E-state index in [1.807, 2.05) is 87.5 Å². The molecule has 0 amide bonds. The number of ether oxygens (including phenoxy) is 1. The molecule has 1 heterocycles. The number of nitrogens with one attached hydrogen (secondary N) is 1. The topological polar surface area (TPSA) is 53.9 Å². The van der Waals surface area contributed by atoms with E-state index in [0.717, 1.165) is 39.3 Å². The van der Waals surface area contributed by atoms with Gasteiger partial charge in [-0.1, -0.05) is 74.2 Å². The van der Waals surface area contributed by atoms with E-state index in [9.17, 15) is 4.91 Å². The number of benzene rings is 2. The third-order valence-electron chi connectivity index (χ3n) is 8.26. The van der Waals surface area contributed by atoms with Gasteiger partial charge >= 0.3 is 0 Å². The first-order chi connectivity index (χ1) is 17.5. The fraction of sp³-hybridized carbons (Fsp3) is 0.419. The van der Waals surface area contributed by atoms with Gasteiger partial charge in [-0.3, -0.25) is 0 Å². The van der Waals surface area contributed by atoms with E-state index in [1.54, 1.807) is 14.0 Å². The van der Waals surface area contributed by atoms with Crippen molar-refractivity contribution >= 4 is 0 Å². The van der Waals surface area contributed by atoms with Gasteiger partial charge in [0.15, 0.2) is 5.54 Å². The zero-order valence-corrected chi connectivity index (χ0v) is 22.7. The number of hydrogen-bond donors (Lipinski definition) is 1. The first kappa shape index (κ1) is 26.6. The smallest absolute Gasteiger partial charge is 0.153 e. The van der Waals surface area contributed by atoms with Gasteiger partial charge in [0.1, 0.15) is 11.4 Å². The van der Waals surface area contributed by atoms with Crippen molar-refractivity contribution in [3.05, 3.63) is 106 Å². The second-order valence-electron chi connectivity index (χ2n) is 10.8. The molecule has 2 aromatic rings. The van der Waals surface area contributed by atoms with Crippen molar-refractivity contribution in [3.8, 4) is 5.75 Å². The van der Waals surface area contributed by atoms with Crippen LogP contribution in [0.2, 0.25) is 0 Å². The second kappa shape index (κ2) is 10.2. The molecule has 6 heteroatoms. The van der Waals surface area contributed by atoms with Gasteiger partial charge < -0.3 is 15.0 Å². The quantitative estimate of drug-likeness (QED) is 0.391. The van der Waals surface area contributed by atoms with Crippen molar-refractivity contribution in [2.24, 2.45) is 11.1 Å². The van der Waals surface area contributed by atoms with E-state index in [2.05, 4.69) is 23.1 Å². The molecule has 4 rings (SSSR count). The number of nitrogens with zero attached hydrogens (tertiary/aromatic N) is 2. The Labute approximate surface area is 220 Å². The number of halogens is 1. The highest BCUT2D eigenvalue weighted by molar-refractivity contribution is 5.51. The fourth-order valence-corrected chi connectivity index (χ4v) is 5.57. The highest BCUT2D eigenvalue weighted by Gasteiger charge is 2.44. The van der Waals surface area contributed by atoms with Crippen LogP contribution in [0.4, 0.5) is 4.39 Å². The van der Waals surface area contributed by atoms with Gasteiger partial charge in [0.05, 0.1) is 19.2 Å². The lowest BCUT2D eigenvalue weighted by molar-refractivity contribution is 0.0544. The summed E-state index contributed by atoms with van der Waals surface area (Å²) in [5, 5.41) is 7.32. The molecule has 0 saturated heterocycles. The predicted octanol–water partition coefficient (Wildman–Crippen LogP) is 7.09.